The van der Waals surface area contributed by atoms with Crippen LogP contribution in [-0.2, 0) is 22.6 Å². The van der Waals surface area contributed by atoms with Crippen molar-refractivity contribution in [3.05, 3.63) is 65.0 Å². The standard InChI is InChI=1S/C25H31FN4O4/c1-2-17-6-7-20(23(28)32)21(13-17)34-16-25(8-10-30(11-9-25)22(31)14-27)24(33)29-15-18-4-3-5-19(26)12-18/h3-7,12-13H,2,8-11,14-16,27H2,1H3,(H2,28,32)(H,29,33). The first-order valence-corrected chi connectivity index (χ1v) is 11.3. The number of likely N-dealkylation sites (tertiary alicyclic amines) is 1. The van der Waals surface area contributed by atoms with Crippen molar-refractivity contribution in [2.24, 2.45) is 16.9 Å². The Labute approximate surface area is 198 Å². The van der Waals surface area contributed by atoms with Gasteiger partial charge in [0.15, 0.2) is 0 Å². The summed E-state index contributed by atoms with van der Waals surface area (Å²) in [7, 11) is 0. The number of benzene rings is 2. The minimum Gasteiger partial charge on any atom is -0.492 e. The number of ether oxygens (including phenoxy) is 1. The van der Waals surface area contributed by atoms with Gasteiger partial charge in [-0.3, -0.25) is 14.4 Å². The van der Waals surface area contributed by atoms with E-state index in [4.69, 9.17) is 16.2 Å². The summed E-state index contributed by atoms with van der Waals surface area (Å²) < 4.78 is 19.6. The fraction of sp³-hybridized carbons (Fsp3) is 0.400. The molecule has 2 aromatic rings. The van der Waals surface area contributed by atoms with Gasteiger partial charge in [-0.05, 0) is 54.7 Å². The average Bonchev–Trinajstić information content (AvgIpc) is 2.85. The van der Waals surface area contributed by atoms with Gasteiger partial charge in [0.05, 0.1) is 17.5 Å². The maximum atomic E-state index is 13.5. The van der Waals surface area contributed by atoms with Gasteiger partial charge in [-0.2, -0.15) is 0 Å². The van der Waals surface area contributed by atoms with E-state index in [0.29, 0.717) is 37.2 Å². The molecule has 1 aliphatic heterocycles. The van der Waals surface area contributed by atoms with Gasteiger partial charge in [0.1, 0.15) is 18.2 Å². The maximum Gasteiger partial charge on any atom is 0.252 e. The van der Waals surface area contributed by atoms with E-state index in [1.165, 1.54) is 12.1 Å². The SMILES string of the molecule is CCc1ccc(C(N)=O)c(OCC2(C(=O)NCc3cccc(F)c3)CCN(C(=O)CN)CC2)c1. The zero-order valence-electron chi connectivity index (χ0n) is 19.3. The van der Waals surface area contributed by atoms with Crippen LogP contribution in [0.5, 0.6) is 5.75 Å². The van der Waals surface area contributed by atoms with E-state index in [9.17, 15) is 18.8 Å². The zero-order chi connectivity index (χ0) is 24.7. The van der Waals surface area contributed by atoms with Crippen LogP contribution in [0.15, 0.2) is 42.5 Å². The van der Waals surface area contributed by atoms with Crippen molar-refractivity contribution in [3.8, 4) is 5.75 Å². The summed E-state index contributed by atoms with van der Waals surface area (Å²) in [5, 5.41) is 2.89. The highest BCUT2D eigenvalue weighted by atomic mass is 19.1. The molecule has 0 spiro atoms. The predicted molar refractivity (Wildman–Crippen MR) is 125 cm³/mol. The highest BCUT2D eigenvalue weighted by Gasteiger charge is 2.43. The molecule has 182 valence electrons. The number of hydrogen-bond donors (Lipinski definition) is 3. The van der Waals surface area contributed by atoms with E-state index in [1.807, 2.05) is 13.0 Å². The summed E-state index contributed by atoms with van der Waals surface area (Å²) in [5.74, 6) is -1.12. The van der Waals surface area contributed by atoms with E-state index in [1.54, 1.807) is 29.2 Å². The monoisotopic (exact) mass is 470 g/mol. The molecule has 1 heterocycles. The summed E-state index contributed by atoms with van der Waals surface area (Å²) >= 11 is 0. The Balaban J connectivity index is 1.80. The third-order valence-corrected chi connectivity index (χ3v) is 6.30. The van der Waals surface area contributed by atoms with Gasteiger partial charge in [-0.1, -0.05) is 25.1 Å². The lowest BCUT2D eigenvalue weighted by molar-refractivity contribution is -0.141. The van der Waals surface area contributed by atoms with Crippen LogP contribution in [0.2, 0.25) is 0 Å². The first kappa shape index (κ1) is 25.2. The van der Waals surface area contributed by atoms with Crippen LogP contribution in [0, 0.1) is 11.2 Å². The second-order valence-electron chi connectivity index (χ2n) is 8.51. The number of amides is 3. The summed E-state index contributed by atoms with van der Waals surface area (Å²) in [5.41, 5.74) is 11.9. The third-order valence-electron chi connectivity index (χ3n) is 6.30. The highest BCUT2D eigenvalue weighted by Crippen LogP contribution is 2.34. The minimum atomic E-state index is -0.949. The van der Waals surface area contributed by atoms with E-state index in [0.717, 1.165) is 12.0 Å². The van der Waals surface area contributed by atoms with Crippen molar-refractivity contribution in [3.63, 3.8) is 0 Å². The number of halogens is 1. The Morgan fingerprint density at radius 2 is 1.85 bits per heavy atom. The van der Waals surface area contributed by atoms with Crippen molar-refractivity contribution in [1.82, 2.24) is 10.2 Å². The molecule has 0 bridgehead atoms. The zero-order valence-corrected chi connectivity index (χ0v) is 19.3. The molecule has 0 radical (unpaired) electrons. The van der Waals surface area contributed by atoms with E-state index in [-0.39, 0.29) is 42.9 Å². The van der Waals surface area contributed by atoms with Gasteiger partial charge < -0.3 is 26.4 Å². The van der Waals surface area contributed by atoms with Crippen molar-refractivity contribution in [1.29, 1.82) is 0 Å². The molecule has 1 saturated heterocycles. The maximum absolute atomic E-state index is 13.5. The second kappa shape index (κ2) is 11.1. The number of piperidine rings is 1. The number of hydrogen-bond acceptors (Lipinski definition) is 5. The topological polar surface area (TPSA) is 128 Å². The molecule has 5 N–H and O–H groups in total. The van der Waals surface area contributed by atoms with Gasteiger partial charge >= 0.3 is 0 Å². The normalized spacial score (nSPS) is 15.0. The van der Waals surface area contributed by atoms with Crippen LogP contribution < -0.4 is 21.5 Å². The molecule has 0 aromatic heterocycles. The van der Waals surface area contributed by atoms with Gasteiger partial charge in [-0.25, -0.2) is 4.39 Å². The van der Waals surface area contributed by atoms with Crippen LogP contribution in [0.25, 0.3) is 0 Å². The third kappa shape index (κ3) is 5.91. The summed E-state index contributed by atoms with van der Waals surface area (Å²) in [4.78, 5) is 39.0. The van der Waals surface area contributed by atoms with E-state index < -0.39 is 11.3 Å². The molecule has 3 amide bonds. The number of nitrogens with two attached hydrogens (primary N) is 2. The van der Waals surface area contributed by atoms with Crippen molar-refractivity contribution in [2.45, 2.75) is 32.7 Å². The van der Waals surface area contributed by atoms with Crippen LogP contribution >= 0.6 is 0 Å². The molecule has 1 aliphatic rings. The van der Waals surface area contributed by atoms with Crippen molar-refractivity contribution < 1.29 is 23.5 Å². The fourth-order valence-corrected chi connectivity index (χ4v) is 4.09. The van der Waals surface area contributed by atoms with Crippen LogP contribution in [0.4, 0.5) is 4.39 Å². The number of nitrogens with zero attached hydrogens (tertiary/aromatic N) is 1. The van der Waals surface area contributed by atoms with Gasteiger partial charge in [0.25, 0.3) is 5.91 Å². The molecule has 0 unspecified atom stereocenters. The molecule has 0 saturated carbocycles. The fourth-order valence-electron chi connectivity index (χ4n) is 4.09. The Hall–Kier alpha value is -3.46. The van der Waals surface area contributed by atoms with Crippen LogP contribution in [-0.4, -0.2) is 48.9 Å². The Morgan fingerprint density at radius 3 is 2.47 bits per heavy atom. The summed E-state index contributed by atoms with van der Waals surface area (Å²) in [6.07, 6.45) is 1.45. The second-order valence-corrected chi connectivity index (χ2v) is 8.51. The van der Waals surface area contributed by atoms with Gasteiger partial charge in [0.2, 0.25) is 11.8 Å². The molecule has 34 heavy (non-hydrogen) atoms. The largest absolute Gasteiger partial charge is 0.492 e. The average molecular weight is 471 g/mol. The number of rotatable bonds is 9. The minimum absolute atomic E-state index is 0.0000865. The van der Waals surface area contributed by atoms with Gasteiger partial charge in [-0.15, -0.1) is 0 Å². The van der Waals surface area contributed by atoms with Gasteiger partial charge in [0, 0.05) is 19.6 Å². The molecule has 2 aromatic carbocycles. The van der Waals surface area contributed by atoms with Crippen molar-refractivity contribution in [2.75, 3.05) is 26.2 Å². The first-order valence-electron chi connectivity index (χ1n) is 11.3. The molecule has 0 aliphatic carbocycles. The lowest BCUT2D eigenvalue weighted by Gasteiger charge is -2.40. The summed E-state index contributed by atoms with van der Waals surface area (Å²) in [6, 6.07) is 11.2. The van der Waals surface area contributed by atoms with Crippen LogP contribution in [0.1, 0.15) is 41.3 Å². The first-order chi connectivity index (χ1) is 16.3. The Bertz CT molecular complexity index is 1050. The van der Waals surface area contributed by atoms with Crippen molar-refractivity contribution >= 4 is 17.7 Å². The number of aryl methyl sites for hydroxylation is 1. The van der Waals surface area contributed by atoms with Crippen LogP contribution in [0.3, 0.4) is 0 Å². The molecule has 1 fully saturated rings. The molecule has 3 rings (SSSR count). The smallest absolute Gasteiger partial charge is 0.252 e. The number of nitrogens with one attached hydrogen (secondary N) is 1. The predicted octanol–water partition coefficient (Wildman–Crippen LogP) is 1.75. The quantitative estimate of drug-likeness (QED) is 0.514. The molecule has 9 heteroatoms. The number of carbonyl (C=O) groups is 3. The highest BCUT2D eigenvalue weighted by molar-refractivity contribution is 5.95. The lowest BCUT2D eigenvalue weighted by atomic mass is 9.78. The molecular formula is C25H31FN4O4. The number of primary amides is 1. The Morgan fingerprint density at radius 1 is 1.12 bits per heavy atom. The molecular weight excluding hydrogens is 439 g/mol. The Kier molecular flexibility index (Phi) is 8.22. The van der Waals surface area contributed by atoms with E-state index in [2.05, 4.69) is 5.32 Å². The van der Waals surface area contributed by atoms with E-state index >= 15 is 0 Å². The molecule has 0 atom stereocenters. The lowest BCUT2D eigenvalue weighted by Crippen LogP contribution is -2.53. The summed E-state index contributed by atoms with van der Waals surface area (Å²) in [6.45, 7) is 2.74. The number of carbonyl (C=O) groups excluding carboxylic acids is 3. The molecule has 8 nitrogen and oxygen atoms in total.